The number of hydrogen-bond donors (Lipinski definition) is 1. The standard InChI is InChI=1S/C17H19N5O5S/c1-10-18-19-14(27-10)9-22-15(23)12-8-11(4-5-13(12)21(3)16(22)24)28(25,26)20-17(2)6-7-17/h4-5,8,20H,6-7,9H2,1-3H3. The van der Waals surface area contributed by atoms with Crippen LogP contribution in [0.5, 0.6) is 0 Å². The third-order valence-electron chi connectivity index (χ3n) is 4.88. The number of aryl methyl sites for hydroxylation is 2. The molecule has 4 rings (SSSR count). The van der Waals surface area contributed by atoms with Crippen LogP contribution in [0.4, 0.5) is 0 Å². The molecule has 1 aromatic carbocycles. The monoisotopic (exact) mass is 405 g/mol. The van der Waals surface area contributed by atoms with Crippen molar-refractivity contribution in [3.8, 4) is 0 Å². The zero-order chi connectivity index (χ0) is 20.3. The van der Waals surface area contributed by atoms with Gasteiger partial charge in [0.2, 0.25) is 21.8 Å². The first-order valence-corrected chi connectivity index (χ1v) is 10.1. The maximum atomic E-state index is 12.9. The minimum Gasteiger partial charge on any atom is -0.424 e. The molecule has 1 aliphatic rings. The molecule has 11 heteroatoms. The Labute approximate surface area is 159 Å². The number of rotatable bonds is 5. The molecule has 0 saturated heterocycles. The number of fused-ring (bicyclic) bond motifs is 1. The largest absolute Gasteiger partial charge is 0.424 e. The molecule has 0 aliphatic heterocycles. The normalized spacial score (nSPS) is 15.8. The van der Waals surface area contributed by atoms with E-state index in [2.05, 4.69) is 14.9 Å². The van der Waals surface area contributed by atoms with Gasteiger partial charge < -0.3 is 4.42 Å². The molecule has 0 amide bonds. The average Bonchev–Trinajstić information content (AvgIpc) is 3.20. The lowest BCUT2D eigenvalue weighted by Crippen LogP contribution is -2.39. The Balaban J connectivity index is 1.86. The third kappa shape index (κ3) is 3.16. The highest BCUT2D eigenvalue weighted by Gasteiger charge is 2.41. The summed E-state index contributed by atoms with van der Waals surface area (Å²) < 4.78 is 35.4. The zero-order valence-electron chi connectivity index (χ0n) is 15.6. The van der Waals surface area contributed by atoms with Crippen LogP contribution in [0.25, 0.3) is 10.9 Å². The molecule has 1 N–H and O–H groups in total. The Bertz CT molecular complexity index is 1310. The number of nitrogens with one attached hydrogen (secondary N) is 1. The van der Waals surface area contributed by atoms with Gasteiger partial charge in [-0.25, -0.2) is 17.9 Å². The molecule has 0 spiro atoms. The zero-order valence-corrected chi connectivity index (χ0v) is 16.4. The first-order chi connectivity index (χ1) is 13.1. The predicted octanol–water partition coefficient (Wildman–Crippen LogP) is 0.271. The average molecular weight is 405 g/mol. The van der Waals surface area contributed by atoms with E-state index in [-0.39, 0.29) is 22.7 Å². The van der Waals surface area contributed by atoms with E-state index in [9.17, 15) is 18.0 Å². The quantitative estimate of drug-likeness (QED) is 0.645. The van der Waals surface area contributed by atoms with Gasteiger partial charge in [-0.3, -0.25) is 13.9 Å². The van der Waals surface area contributed by atoms with Crippen LogP contribution in [0.1, 0.15) is 31.5 Å². The van der Waals surface area contributed by atoms with Crippen LogP contribution < -0.4 is 16.0 Å². The number of benzene rings is 1. The molecule has 28 heavy (non-hydrogen) atoms. The predicted molar refractivity (Wildman–Crippen MR) is 99.5 cm³/mol. The fourth-order valence-corrected chi connectivity index (χ4v) is 4.50. The van der Waals surface area contributed by atoms with Gasteiger partial charge in [0.25, 0.3) is 5.56 Å². The summed E-state index contributed by atoms with van der Waals surface area (Å²) in [5, 5.41) is 7.60. The van der Waals surface area contributed by atoms with E-state index in [0.29, 0.717) is 11.4 Å². The van der Waals surface area contributed by atoms with Gasteiger partial charge in [-0.15, -0.1) is 10.2 Å². The van der Waals surface area contributed by atoms with E-state index >= 15 is 0 Å². The Hall–Kier alpha value is -2.79. The molecule has 2 aromatic heterocycles. The van der Waals surface area contributed by atoms with Crippen molar-refractivity contribution in [1.82, 2.24) is 24.1 Å². The van der Waals surface area contributed by atoms with Crippen LogP contribution in [0.3, 0.4) is 0 Å². The second-order valence-corrected chi connectivity index (χ2v) is 8.98. The molecule has 1 fully saturated rings. The summed E-state index contributed by atoms with van der Waals surface area (Å²) in [6.45, 7) is 3.23. The lowest BCUT2D eigenvalue weighted by molar-refractivity contribution is 0.445. The van der Waals surface area contributed by atoms with Gasteiger partial charge >= 0.3 is 5.69 Å². The van der Waals surface area contributed by atoms with Crippen molar-refractivity contribution in [3.63, 3.8) is 0 Å². The summed E-state index contributed by atoms with van der Waals surface area (Å²) in [5.74, 6) is 0.428. The Morgan fingerprint density at radius 1 is 1.25 bits per heavy atom. The Morgan fingerprint density at radius 2 is 1.96 bits per heavy atom. The number of aromatic nitrogens is 4. The van der Waals surface area contributed by atoms with Gasteiger partial charge in [0.1, 0.15) is 6.54 Å². The summed E-state index contributed by atoms with van der Waals surface area (Å²) in [4.78, 5) is 25.5. The lowest BCUT2D eigenvalue weighted by Gasteiger charge is -2.14. The summed E-state index contributed by atoms with van der Waals surface area (Å²) >= 11 is 0. The van der Waals surface area contributed by atoms with E-state index in [1.54, 1.807) is 6.92 Å². The van der Waals surface area contributed by atoms with Crippen molar-refractivity contribution < 1.29 is 12.8 Å². The number of hydrogen-bond acceptors (Lipinski definition) is 7. The van der Waals surface area contributed by atoms with Crippen LogP contribution in [-0.4, -0.2) is 33.3 Å². The maximum absolute atomic E-state index is 12.9. The molecule has 0 radical (unpaired) electrons. The van der Waals surface area contributed by atoms with Crippen LogP contribution in [0, 0.1) is 6.92 Å². The topological polar surface area (TPSA) is 129 Å². The van der Waals surface area contributed by atoms with Crippen LogP contribution in [-0.2, 0) is 23.6 Å². The van der Waals surface area contributed by atoms with Crippen LogP contribution >= 0.6 is 0 Å². The van der Waals surface area contributed by atoms with E-state index in [1.165, 1.54) is 29.8 Å². The molecule has 10 nitrogen and oxygen atoms in total. The second kappa shape index (κ2) is 6.11. The fraction of sp³-hybridized carbons (Fsp3) is 0.412. The van der Waals surface area contributed by atoms with Gasteiger partial charge in [0, 0.05) is 19.5 Å². The molecular formula is C17H19N5O5S. The van der Waals surface area contributed by atoms with Crippen molar-refractivity contribution in [3.05, 3.63) is 50.8 Å². The molecular weight excluding hydrogens is 386 g/mol. The SMILES string of the molecule is Cc1nnc(Cn2c(=O)c3cc(S(=O)(=O)NC4(C)CC4)ccc3n(C)c2=O)o1. The van der Waals surface area contributed by atoms with E-state index < -0.39 is 26.8 Å². The number of nitrogens with zero attached hydrogens (tertiary/aromatic N) is 4. The van der Waals surface area contributed by atoms with Gasteiger partial charge in [-0.2, -0.15) is 0 Å². The minimum atomic E-state index is -3.78. The molecule has 148 valence electrons. The summed E-state index contributed by atoms with van der Waals surface area (Å²) in [6.07, 6.45) is 1.54. The van der Waals surface area contributed by atoms with Gasteiger partial charge in [-0.1, -0.05) is 0 Å². The summed E-state index contributed by atoms with van der Waals surface area (Å²) in [7, 11) is -2.27. The minimum absolute atomic E-state index is 0.0240. The molecule has 0 bridgehead atoms. The summed E-state index contributed by atoms with van der Waals surface area (Å²) in [6, 6.07) is 4.14. The van der Waals surface area contributed by atoms with E-state index in [0.717, 1.165) is 17.4 Å². The van der Waals surface area contributed by atoms with Crippen molar-refractivity contribution in [2.24, 2.45) is 7.05 Å². The van der Waals surface area contributed by atoms with Crippen LogP contribution in [0.15, 0.2) is 37.1 Å². The molecule has 0 atom stereocenters. The highest BCUT2D eigenvalue weighted by atomic mass is 32.2. The highest BCUT2D eigenvalue weighted by Crippen LogP contribution is 2.36. The van der Waals surface area contributed by atoms with Crippen molar-refractivity contribution >= 4 is 20.9 Å². The smallest absolute Gasteiger partial charge is 0.331 e. The summed E-state index contributed by atoms with van der Waals surface area (Å²) in [5.41, 5.74) is -1.28. The third-order valence-corrected chi connectivity index (χ3v) is 6.51. The van der Waals surface area contributed by atoms with Crippen molar-refractivity contribution in [2.75, 3.05) is 0 Å². The first-order valence-electron chi connectivity index (χ1n) is 8.66. The molecule has 3 aromatic rings. The maximum Gasteiger partial charge on any atom is 0.331 e. The van der Waals surface area contributed by atoms with Crippen molar-refractivity contribution in [2.45, 2.75) is 43.7 Å². The van der Waals surface area contributed by atoms with Gasteiger partial charge in [0.05, 0.1) is 15.8 Å². The van der Waals surface area contributed by atoms with Gasteiger partial charge in [0.15, 0.2) is 0 Å². The molecule has 1 aliphatic carbocycles. The van der Waals surface area contributed by atoms with Crippen LogP contribution in [0.2, 0.25) is 0 Å². The Kier molecular flexibility index (Phi) is 4.05. The fourth-order valence-electron chi connectivity index (χ4n) is 3.01. The highest BCUT2D eigenvalue weighted by molar-refractivity contribution is 7.89. The second-order valence-electron chi connectivity index (χ2n) is 7.29. The first kappa shape index (κ1) is 18.6. The van der Waals surface area contributed by atoms with E-state index in [1.807, 2.05) is 6.92 Å². The van der Waals surface area contributed by atoms with Gasteiger partial charge in [-0.05, 0) is 38.0 Å². The van der Waals surface area contributed by atoms with Crippen molar-refractivity contribution in [1.29, 1.82) is 0 Å². The molecule has 1 saturated carbocycles. The molecule has 0 unspecified atom stereocenters. The number of sulfonamides is 1. The Morgan fingerprint density at radius 3 is 2.57 bits per heavy atom. The van der Waals surface area contributed by atoms with E-state index in [4.69, 9.17) is 4.42 Å². The lowest BCUT2D eigenvalue weighted by atomic mass is 10.2. The molecule has 2 heterocycles.